The predicted molar refractivity (Wildman–Crippen MR) is 147 cm³/mol. The van der Waals surface area contributed by atoms with Gasteiger partial charge in [0.25, 0.3) is 5.91 Å². The summed E-state index contributed by atoms with van der Waals surface area (Å²) in [6.45, 7) is 13.2. The molecule has 2 aliphatic carbocycles. The number of fused-ring (bicyclic) bond motifs is 1. The van der Waals surface area contributed by atoms with Crippen molar-refractivity contribution in [3.05, 3.63) is 64.8 Å². The molecule has 1 fully saturated rings. The van der Waals surface area contributed by atoms with Crippen LogP contribution < -0.4 is 5.32 Å². The number of phenolic OH excluding ortho intramolecular Hbond substituents is 1. The third-order valence-corrected chi connectivity index (χ3v) is 9.06. The third kappa shape index (κ3) is 5.47. The molecule has 200 valence electrons. The van der Waals surface area contributed by atoms with Crippen molar-refractivity contribution >= 4 is 11.7 Å². The van der Waals surface area contributed by atoms with Gasteiger partial charge in [0, 0.05) is 18.3 Å². The number of allylic oxidation sites excluding steroid dienone is 4. The fraction of sp³-hybridized carbons (Fsp3) is 0.562. The first-order valence-electron chi connectivity index (χ1n) is 13.8. The molecule has 1 aromatic carbocycles. The van der Waals surface area contributed by atoms with Gasteiger partial charge in [-0.05, 0) is 73.6 Å². The Bertz CT molecular complexity index is 1150. The zero-order valence-electron chi connectivity index (χ0n) is 23.2. The summed E-state index contributed by atoms with van der Waals surface area (Å²) >= 11 is 0. The Kier molecular flexibility index (Phi) is 7.58. The molecule has 0 aromatic heterocycles. The molecule has 0 saturated heterocycles. The molecule has 1 heterocycles. The molecule has 0 spiro atoms. The van der Waals surface area contributed by atoms with E-state index in [0.29, 0.717) is 11.8 Å². The molecule has 0 bridgehead atoms. The molecular formula is C32H43NO4. The average molecular weight is 506 g/mol. The van der Waals surface area contributed by atoms with Crippen LogP contribution in [0.2, 0.25) is 0 Å². The molecule has 5 heteroatoms. The van der Waals surface area contributed by atoms with E-state index >= 15 is 0 Å². The van der Waals surface area contributed by atoms with Gasteiger partial charge in [0.15, 0.2) is 11.5 Å². The van der Waals surface area contributed by atoms with Crippen LogP contribution in [-0.4, -0.2) is 27.6 Å². The quantitative estimate of drug-likeness (QED) is 0.319. The van der Waals surface area contributed by atoms with Gasteiger partial charge in [-0.15, -0.1) is 0 Å². The lowest BCUT2D eigenvalue weighted by atomic mass is 9.52. The van der Waals surface area contributed by atoms with Crippen molar-refractivity contribution in [3.63, 3.8) is 0 Å². The summed E-state index contributed by atoms with van der Waals surface area (Å²) in [6, 6.07) is 6.50. The second-order valence-corrected chi connectivity index (χ2v) is 12.3. The number of aliphatic hydroxyl groups is 1. The maximum Gasteiger partial charge on any atom is 0.257 e. The third-order valence-electron chi connectivity index (χ3n) is 9.06. The Morgan fingerprint density at radius 2 is 1.89 bits per heavy atom. The smallest absolute Gasteiger partial charge is 0.257 e. The van der Waals surface area contributed by atoms with Gasteiger partial charge in [-0.2, -0.15) is 0 Å². The van der Waals surface area contributed by atoms with Gasteiger partial charge in [-0.3, -0.25) is 9.59 Å². The van der Waals surface area contributed by atoms with E-state index in [-0.39, 0.29) is 46.7 Å². The molecule has 37 heavy (non-hydrogen) atoms. The molecule has 1 saturated carbocycles. The van der Waals surface area contributed by atoms with E-state index in [0.717, 1.165) is 31.2 Å². The summed E-state index contributed by atoms with van der Waals surface area (Å²) in [5.41, 5.74) is 1.50. The zero-order valence-corrected chi connectivity index (χ0v) is 23.2. The Hall–Kier alpha value is -2.66. The van der Waals surface area contributed by atoms with Crippen LogP contribution >= 0.6 is 0 Å². The van der Waals surface area contributed by atoms with E-state index in [4.69, 9.17) is 0 Å². The first kappa shape index (κ1) is 27.4. The molecule has 7 unspecified atom stereocenters. The van der Waals surface area contributed by atoms with Gasteiger partial charge in [0.2, 0.25) is 0 Å². The molecule has 0 radical (unpaired) electrons. The summed E-state index contributed by atoms with van der Waals surface area (Å²) in [5.74, 6) is 0.236. The Morgan fingerprint density at radius 3 is 2.54 bits per heavy atom. The van der Waals surface area contributed by atoms with Crippen LogP contribution in [0.15, 0.2) is 59.2 Å². The number of rotatable bonds is 7. The van der Waals surface area contributed by atoms with E-state index in [1.165, 1.54) is 17.2 Å². The highest BCUT2D eigenvalue weighted by atomic mass is 16.3. The van der Waals surface area contributed by atoms with Crippen molar-refractivity contribution in [2.45, 2.75) is 79.4 Å². The van der Waals surface area contributed by atoms with Crippen molar-refractivity contribution in [2.24, 2.45) is 35.0 Å². The summed E-state index contributed by atoms with van der Waals surface area (Å²) < 4.78 is 0. The predicted octanol–water partition coefficient (Wildman–Crippen LogP) is 5.88. The van der Waals surface area contributed by atoms with Gasteiger partial charge in [0.1, 0.15) is 5.75 Å². The zero-order chi connectivity index (χ0) is 27.1. The topological polar surface area (TPSA) is 86.6 Å². The highest BCUT2D eigenvalue weighted by molar-refractivity contribution is 6.22. The van der Waals surface area contributed by atoms with Crippen LogP contribution in [0.4, 0.5) is 0 Å². The minimum Gasteiger partial charge on any atom is -0.508 e. The molecule has 1 aromatic rings. The summed E-state index contributed by atoms with van der Waals surface area (Å²) in [5, 5.41) is 23.5. The first-order chi connectivity index (χ1) is 17.4. The maximum atomic E-state index is 14.4. The van der Waals surface area contributed by atoms with E-state index < -0.39 is 11.6 Å². The summed E-state index contributed by atoms with van der Waals surface area (Å²) in [6.07, 6.45) is 10.4. The number of carbonyl (C=O) groups excluding carboxylic acids is 2. The average Bonchev–Trinajstić information content (AvgIpc) is 3.12. The molecule has 3 aliphatic rings. The highest BCUT2D eigenvalue weighted by Gasteiger charge is 2.53. The van der Waals surface area contributed by atoms with Gasteiger partial charge in [-0.1, -0.05) is 76.0 Å². The van der Waals surface area contributed by atoms with Gasteiger partial charge in [0.05, 0.1) is 5.57 Å². The van der Waals surface area contributed by atoms with E-state index in [2.05, 4.69) is 59.0 Å². The van der Waals surface area contributed by atoms with Crippen LogP contribution in [0.1, 0.15) is 72.8 Å². The molecule has 1 aliphatic heterocycles. The van der Waals surface area contributed by atoms with Crippen LogP contribution in [-0.2, 0) is 16.0 Å². The van der Waals surface area contributed by atoms with Crippen LogP contribution in [0.25, 0.3) is 0 Å². The number of ketones is 1. The number of amides is 1. The molecule has 4 rings (SSSR count). The maximum absolute atomic E-state index is 14.4. The SMILES string of the molecule is CCC(C)C=C(C)C1C(C)=CC2(C)CC(C)CCC2C1C(=O)C1=CC(O)(Cc2ccc(O)cc2)NC1=O. The largest absolute Gasteiger partial charge is 0.508 e. The van der Waals surface area contributed by atoms with Crippen molar-refractivity contribution in [2.75, 3.05) is 0 Å². The highest BCUT2D eigenvalue weighted by Crippen LogP contribution is 2.56. The second-order valence-electron chi connectivity index (χ2n) is 12.3. The van der Waals surface area contributed by atoms with E-state index in [9.17, 15) is 19.8 Å². The van der Waals surface area contributed by atoms with E-state index in [1.54, 1.807) is 24.3 Å². The Balaban J connectivity index is 1.73. The lowest BCUT2D eigenvalue weighted by molar-refractivity contribution is -0.129. The molecule has 7 atom stereocenters. The fourth-order valence-electron chi connectivity index (χ4n) is 7.31. The Morgan fingerprint density at radius 1 is 1.22 bits per heavy atom. The van der Waals surface area contributed by atoms with Crippen LogP contribution in [0.5, 0.6) is 5.75 Å². The number of nitrogens with one attached hydrogen (secondary N) is 1. The molecular weight excluding hydrogens is 462 g/mol. The van der Waals surface area contributed by atoms with Crippen molar-refractivity contribution < 1.29 is 19.8 Å². The number of Topliss-reactive ketones (excluding diaryl/α,β-unsaturated/α-hetero) is 1. The molecule has 3 N–H and O–H groups in total. The number of carbonyl (C=O) groups is 2. The molecule has 1 amide bonds. The fourth-order valence-corrected chi connectivity index (χ4v) is 7.31. The minimum absolute atomic E-state index is 0.0486. The van der Waals surface area contributed by atoms with Crippen molar-refractivity contribution in [3.8, 4) is 5.75 Å². The minimum atomic E-state index is -1.64. The summed E-state index contributed by atoms with van der Waals surface area (Å²) in [7, 11) is 0. The summed E-state index contributed by atoms with van der Waals surface area (Å²) in [4.78, 5) is 27.5. The van der Waals surface area contributed by atoms with Crippen LogP contribution in [0.3, 0.4) is 0 Å². The van der Waals surface area contributed by atoms with E-state index in [1.807, 2.05) is 0 Å². The number of aromatic hydroxyl groups is 1. The van der Waals surface area contributed by atoms with Gasteiger partial charge in [-0.25, -0.2) is 0 Å². The number of hydrogen-bond acceptors (Lipinski definition) is 4. The number of phenols is 1. The number of hydrogen-bond donors (Lipinski definition) is 3. The van der Waals surface area contributed by atoms with Gasteiger partial charge < -0.3 is 15.5 Å². The molecule has 5 nitrogen and oxygen atoms in total. The lowest BCUT2D eigenvalue weighted by Crippen LogP contribution is -2.48. The standard InChI is InChI=1S/C32H43NO4/c1-7-19(2)14-21(4)27-22(5)16-31(6)15-20(3)8-13-26(31)28(27)29(35)25-18-32(37,33-30(25)36)17-23-9-11-24(34)12-10-23/h9-12,14,16,18-20,26-28,34,37H,7-8,13,15,17H2,1-6H3,(H,33,36). The normalized spacial score (nSPS) is 34.8. The second kappa shape index (κ2) is 10.2. The lowest BCUT2D eigenvalue weighted by Gasteiger charge is -2.52. The monoisotopic (exact) mass is 505 g/mol. The first-order valence-corrected chi connectivity index (χ1v) is 13.8. The van der Waals surface area contributed by atoms with Crippen LogP contribution in [0, 0.1) is 35.0 Å². The Labute approximate surface area is 221 Å². The number of benzene rings is 1. The van der Waals surface area contributed by atoms with Gasteiger partial charge >= 0.3 is 0 Å². The van der Waals surface area contributed by atoms with Crippen molar-refractivity contribution in [1.82, 2.24) is 5.32 Å². The van der Waals surface area contributed by atoms with Crippen molar-refractivity contribution in [1.29, 1.82) is 0 Å².